The first-order chi connectivity index (χ1) is 14.8. The van der Waals surface area contributed by atoms with Crippen molar-refractivity contribution in [1.82, 2.24) is 0 Å². The summed E-state index contributed by atoms with van der Waals surface area (Å²) in [5.41, 5.74) is 0.547. The van der Waals surface area contributed by atoms with Gasteiger partial charge < -0.3 is 4.74 Å². The fourth-order valence-electron chi connectivity index (χ4n) is 3.67. The Morgan fingerprint density at radius 1 is 1.03 bits per heavy atom. The quantitative estimate of drug-likeness (QED) is 0.242. The van der Waals surface area contributed by atoms with Gasteiger partial charge in [-0.2, -0.15) is 8.42 Å². The summed E-state index contributed by atoms with van der Waals surface area (Å²) in [4.78, 5) is 22.7. The smallest absolute Gasteiger partial charge is 0.337 e. The third kappa shape index (κ3) is 6.60. The highest BCUT2D eigenvalue weighted by Crippen LogP contribution is 2.30. The molecule has 1 fully saturated rings. The van der Waals surface area contributed by atoms with Crippen LogP contribution in [0.2, 0.25) is 0 Å². The number of hydrogen-bond donors (Lipinski definition) is 0. The Hall–Kier alpha value is -2.78. The molecule has 0 N–H and O–H groups in total. The van der Waals surface area contributed by atoms with Gasteiger partial charge in [0, 0.05) is 12.1 Å². The molecule has 0 heterocycles. The molecule has 0 saturated heterocycles. The normalized spacial score (nSPS) is 15.9. The van der Waals surface area contributed by atoms with Crippen molar-refractivity contribution in [2.45, 2.75) is 56.1 Å². The van der Waals surface area contributed by atoms with Crippen LogP contribution >= 0.6 is 0 Å². The second-order valence-corrected chi connectivity index (χ2v) is 9.20. The molecule has 0 spiro atoms. The van der Waals surface area contributed by atoms with Gasteiger partial charge in [0.1, 0.15) is 6.61 Å². The van der Waals surface area contributed by atoms with Gasteiger partial charge in [-0.05, 0) is 30.0 Å². The van der Waals surface area contributed by atoms with Crippen molar-refractivity contribution in [3.8, 4) is 0 Å². The zero-order chi connectivity index (χ0) is 22.3. The lowest BCUT2D eigenvalue weighted by Crippen LogP contribution is -2.32. The highest BCUT2D eigenvalue weighted by atomic mass is 32.2. The van der Waals surface area contributed by atoms with Crippen LogP contribution in [0.4, 0.5) is 5.69 Å². The molecule has 2 aromatic rings. The van der Waals surface area contributed by atoms with Crippen molar-refractivity contribution in [1.29, 1.82) is 0 Å². The maximum atomic E-state index is 12.7. The van der Waals surface area contributed by atoms with Gasteiger partial charge in [-0.1, -0.05) is 62.4 Å². The fraction of sp³-hybridized carbons (Fsp3) is 0.409. The van der Waals surface area contributed by atoms with Crippen LogP contribution < -0.4 is 0 Å². The van der Waals surface area contributed by atoms with Gasteiger partial charge in [-0.15, -0.1) is 0 Å². The van der Waals surface area contributed by atoms with Crippen LogP contribution in [-0.2, 0) is 30.4 Å². The zero-order valence-corrected chi connectivity index (χ0v) is 17.8. The van der Waals surface area contributed by atoms with Crippen LogP contribution in [0.25, 0.3) is 0 Å². The SMILES string of the molecule is O=C(OCc1ccccc1)C(CC1CCCCC1)OS(=O)(=O)c1ccc([N+](=O)[O-])cc1. The lowest BCUT2D eigenvalue weighted by Gasteiger charge is -2.25. The van der Waals surface area contributed by atoms with Crippen molar-refractivity contribution < 1.29 is 27.1 Å². The number of rotatable bonds is 9. The van der Waals surface area contributed by atoms with Crippen molar-refractivity contribution in [2.24, 2.45) is 5.92 Å². The Kier molecular flexibility index (Phi) is 7.75. The maximum absolute atomic E-state index is 12.7. The molecule has 31 heavy (non-hydrogen) atoms. The average molecular weight is 448 g/mol. The highest BCUT2D eigenvalue weighted by Gasteiger charge is 2.32. The number of nitrogens with zero attached hydrogens (tertiary/aromatic N) is 1. The van der Waals surface area contributed by atoms with Gasteiger partial charge in [0.15, 0.2) is 6.10 Å². The number of carbonyl (C=O) groups excluding carboxylic acids is 1. The Morgan fingerprint density at radius 3 is 2.29 bits per heavy atom. The number of benzene rings is 2. The molecule has 2 aromatic carbocycles. The van der Waals surface area contributed by atoms with Crippen molar-refractivity contribution in [3.63, 3.8) is 0 Å². The second-order valence-electron chi connectivity index (χ2n) is 7.62. The number of nitro groups is 1. The van der Waals surface area contributed by atoms with Gasteiger partial charge in [0.25, 0.3) is 15.8 Å². The molecule has 166 valence electrons. The van der Waals surface area contributed by atoms with E-state index in [2.05, 4.69) is 0 Å². The van der Waals surface area contributed by atoms with Crippen LogP contribution in [0.3, 0.4) is 0 Å². The number of non-ortho nitro benzene ring substituents is 1. The van der Waals surface area contributed by atoms with Crippen LogP contribution in [0.5, 0.6) is 0 Å². The first-order valence-corrected chi connectivity index (χ1v) is 11.6. The predicted octanol–water partition coefficient (Wildman–Crippen LogP) is 4.38. The number of nitro benzene ring substituents is 1. The average Bonchev–Trinajstić information content (AvgIpc) is 2.78. The van der Waals surface area contributed by atoms with Crippen LogP contribution in [-0.4, -0.2) is 25.4 Å². The lowest BCUT2D eigenvalue weighted by molar-refractivity contribution is -0.384. The van der Waals surface area contributed by atoms with E-state index in [0.29, 0.717) is 0 Å². The Balaban J connectivity index is 1.74. The fourth-order valence-corrected chi connectivity index (χ4v) is 4.71. The molecule has 9 heteroatoms. The molecule has 0 amide bonds. The number of hydrogen-bond acceptors (Lipinski definition) is 7. The van der Waals surface area contributed by atoms with E-state index >= 15 is 0 Å². The topological polar surface area (TPSA) is 113 Å². The molecular formula is C22H25NO7S. The summed E-state index contributed by atoms with van der Waals surface area (Å²) in [5, 5.41) is 10.8. The van der Waals surface area contributed by atoms with Crippen molar-refractivity contribution >= 4 is 21.8 Å². The third-order valence-corrected chi connectivity index (χ3v) is 6.67. The van der Waals surface area contributed by atoms with Crippen LogP contribution in [0.15, 0.2) is 59.5 Å². The molecule has 3 rings (SSSR count). The summed E-state index contributed by atoms with van der Waals surface area (Å²) < 4.78 is 36.1. The molecule has 8 nitrogen and oxygen atoms in total. The molecule has 1 saturated carbocycles. The van der Waals surface area contributed by atoms with Crippen LogP contribution in [0, 0.1) is 16.0 Å². The summed E-state index contributed by atoms with van der Waals surface area (Å²) in [7, 11) is -4.30. The summed E-state index contributed by atoms with van der Waals surface area (Å²) in [6, 6.07) is 13.4. The first-order valence-electron chi connectivity index (χ1n) is 10.2. The van der Waals surface area contributed by atoms with Crippen LogP contribution in [0.1, 0.15) is 44.1 Å². The molecule has 0 radical (unpaired) electrons. The van der Waals surface area contributed by atoms with Crippen molar-refractivity contribution in [3.05, 3.63) is 70.3 Å². The van der Waals surface area contributed by atoms with E-state index in [9.17, 15) is 23.3 Å². The summed E-state index contributed by atoms with van der Waals surface area (Å²) in [6.07, 6.45) is 3.98. The maximum Gasteiger partial charge on any atom is 0.337 e. The van der Waals surface area contributed by atoms with E-state index in [1.165, 1.54) is 0 Å². The minimum atomic E-state index is -4.30. The molecular weight excluding hydrogens is 422 g/mol. The van der Waals surface area contributed by atoms with E-state index in [1.807, 2.05) is 18.2 Å². The lowest BCUT2D eigenvalue weighted by atomic mass is 9.85. The molecule has 1 aliphatic carbocycles. The molecule has 1 unspecified atom stereocenters. The third-order valence-electron chi connectivity index (χ3n) is 5.34. The van der Waals surface area contributed by atoms with Gasteiger partial charge in [0.2, 0.25) is 0 Å². The van der Waals surface area contributed by atoms with Gasteiger partial charge in [-0.25, -0.2) is 4.79 Å². The monoisotopic (exact) mass is 447 g/mol. The van der Waals surface area contributed by atoms with Gasteiger partial charge in [0.05, 0.1) is 9.82 Å². The molecule has 0 bridgehead atoms. The number of esters is 1. The predicted molar refractivity (Wildman–Crippen MR) is 113 cm³/mol. The minimum Gasteiger partial charge on any atom is -0.459 e. The van der Waals surface area contributed by atoms with E-state index in [-0.39, 0.29) is 29.5 Å². The summed E-state index contributed by atoms with van der Waals surface area (Å²) in [6.45, 7) is 0.0157. The molecule has 0 aliphatic heterocycles. The van der Waals surface area contributed by atoms with E-state index < -0.39 is 27.1 Å². The molecule has 1 atom stereocenters. The molecule has 1 aliphatic rings. The molecule has 0 aromatic heterocycles. The first kappa shape index (κ1) is 22.9. The zero-order valence-electron chi connectivity index (χ0n) is 17.0. The summed E-state index contributed by atoms with van der Waals surface area (Å²) in [5.74, 6) is -0.560. The van der Waals surface area contributed by atoms with Gasteiger partial charge in [-0.3, -0.25) is 14.3 Å². The van der Waals surface area contributed by atoms with E-state index in [4.69, 9.17) is 8.92 Å². The Labute approximate surface area is 181 Å². The van der Waals surface area contributed by atoms with E-state index in [1.54, 1.807) is 12.1 Å². The summed E-state index contributed by atoms with van der Waals surface area (Å²) >= 11 is 0. The Morgan fingerprint density at radius 2 is 1.68 bits per heavy atom. The van der Waals surface area contributed by atoms with Gasteiger partial charge >= 0.3 is 5.97 Å². The largest absolute Gasteiger partial charge is 0.459 e. The number of carbonyl (C=O) groups is 1. The second kappa shape index (κ2) is 10.5. The highest BCUT2D eigenvalue weighted by molar-refractivity contribution is 7.86. The van der Waals surface area contributed by atoms with E-state index in [0.717, 1.165) is 61.9 Å². The standard InChI is InChI=1S/C22H25NO7S/c24-22(29-16-18-9-5-2-6-10-18)21(15-17-7-3-1-4-8-17)30-31(27,28)20-13-11-19(12-14-20)23(25)26/h2,5-6,9-14,17,21H,1,3-4,7-8,15-16H2. The minimum absolute atomic E-state index is 0.0157. The number of ether oxygens (including phenoxy) is 1. The van der Waals surface area contributed by atoms with Crippen molar-refractivity contribution in [2.75, 3.05) is 0 Å². The Bertz CT molecular complexity index is 984.